The van der Waals surface area contributed by atoms with Crippen LogP contribution in [0.4, 0.5) is 0 Å². The molecule has 1 aliphatic rings. The number of benzene rings is 1. The summed E-state index contributed by atoms with van der Waals surface area (Å²) >= 11 is 0. The van der Waals surface area contributed by atoms with Crippen molar-refractivity contribution in [3.05, 3.63) is 53.6 Å². The largest absolute Gasteiger partial charge is 0.497 e. The molecule has 0 saturated heterocycles. The van der Waals surface area contributed by atoms with Gasteiger partial charge in [0.15, 0.2) is 0 Å². The molecule has 4 heteroatoms. The van der Waals surface area contributed by atoms with Crippen LogP contribution in [0.15, 0.2) is 36.7 Å². The quantitative estimate of drug-likeness (QED) is 0.763. The van der Waals surface area contributed by atoms with Crippen LogP contribution in [-0.2, 0) is 6.54 Å². The van der Waals surface area contributed by atoms with Crippen LogP contribution in [0.5, 0.6) is 5.75 Å². The lowest BCUT2D eigenvalue weighted by Gasteiger charge is -2.25. The first-order chi connectivity index (χ1) is 12.2. The first kappa shape index (κ1) is 17.9. The summed E-state index contributed by atoms with van der Waals surface area (Å²) in [7, 11) is 3.84. The van der Waals surface area contributed by atoms with Gasteiger partial charge in [-0.1, -0.05) is 31.4 Å². The van der Waals surface area contributed by atoms with Gasteiger partial charge in [-0.3, -0.25) is 4.90 Å². The van der Waals surface area contributed by atoms with Crippen LogP contribution in [-0.4, -0.2) is 29.0 Å². The van der Waals surface area contributed by atoms with E-state index in [0.29, 0.717) is 12.0 Å². The lowest BCUT2D eigenvalue weighted by molar-refractivity contribution is 0.252. The summed E-state index contributed by atoms with van der Waals surface area (Å²) in [5.41, 5.74) is 2.45. The van der Waals surface area contributed by atoms with Crippen molar-refractivity contribution in [2.45, 2.75) is 57.5 Å². The molecule has 2 aromatic rings. The summed E-state index contributed by atoms with van der Waals surface area (Å²) in [4.78, 5) is 11.6. The Kier molecular flexibility index (Phi) is 6.03. The molecule has 1 aromatic carbocycles. The topological polar surface area (TPSA) is 38.2 Å². The lowest BCUT2D eigenvalue weighted by atomic mass is 9.89. The van der Waals surface area contributed by atoms with E-state index in [-0.39, 0.29) is 0 Å². The second-order valence-corrected chi connectivity index (χ2v) is 7.15. The Morgan fingerprint density at radius 3 is 2.32 bits per heavy atom. The van der Waals surface area contributed by atoms with E-state index in [9.17, 15) is 0 Å². The zero-order valence-electron chi connectivity index (χ0n) is 15.6. The number of ether oxygens (including phenoxy) is 1. The van der Waals surface area contributed by atoms with Crippen molar-refractivity contribution >= 4 is 0 Å². The standard InChI is InChI=1S/C21H29N3O/c1-16(18-9-11-20(25-3)12-10-18)24(2)15-17-13-22-21(23-14-17)19-7-5-4-6-8-19/h9-14,16,19H,4-8,15H2,1-3H3. The number of aromatic nitrogens is 2. The van der Waals surface area contributed by atoms with Crippen molar-refractivity contribution in [1.82, 2.24) is 14.9 Å². The molecule has 0 spiro atoms. The van der Waals surface area contributed by atoms with Crippen LogP contribution in [0.1, 0.15) is 67.9 Å². The SMILES string of the molecule is COc1ccc(C(C)N(C)Cc2cnc(C3CCCCC3)nc2)cc1. The molecule has 1 atom stereocenters. The van der Waals surface area contributed by atoms with Gasteiger partial charge in [-0.2, -0.15) is 0 Å². The summed E-state index contributed by atoms with van der Waals surface area (Å²) in [6.45, 7) is 3.07. The van der Waals surface area contributed by atoms with Gasteiger partial charge in [0.2, 0.25) is 0 Å². The Bertz CT molecular complexity index is 648. The Morgan fingerprint density at radius 2 is 1.72 bits per heavy atom. The summed E-state index contributed by atoms with van der Waals surface area (Å²) in [5, 5.41) is 0. The predicted octanol–water partition coefficient (Wildman–Crippen LogP) is 4.73. The maximum absolute atomic E-state index is 5.24. The molecular weight excluding hydrogens is 310 g/mol. The van der Waals surface area contributed by atoms with Crippen molar-refractivity contribution in [3.63, 3.8) is 0 Å². The van der Waals surface area contributed by atoms with Crippen molar-refractivity contribution in [2.75, 3.05) is 14.2 Å². The van der Waals surface area contributed by atoms with Gasteiger partial charge in [-0.05, 0) is 44.5 Å². The lowest BCUT2D eigenvalue weighted by Crippen LogP contribution is -2.22. The summed E-state index contributed by atoms with van der Waals surface area (Å²) in [5.74, 6) is 2.50. The molecular formula is C21H29N3O. The zero-order chi connectivity index (χ0) is 17.6. The van der Waals surface area contributed by atoms with E-state index in [0.717, 1.165) is 18.1 Å². The molecule has 0 aliphatic heterocycles. The van der Waals surface area contributed by atoms with Gasteiger partial charge in [0.25, 0.3) is 0 Å². The highest BCUT2D eigenvalue weighted by molar-refractivity contribution is 5.29. The van der Waals surface area contributed by atoms with E-state index in [1.165, 1.54) is 43.2 Å². The van der Waals surface area contributed by atoms with E-state index in [1.807, 2.05) is 24.5 Å². The van der Waals surface area contributed by atoms with E-state index in [2.05, 4.69) is 41.0 Å². The molecule has 1 aliphatic carbocycles. The molecule has 4 nitrogen and oxygen atoms in total. The Hall–Kier alpha value is -1.94. The summed E-state index contributed by atoms with van der Waals surface area (Å²) in [6, 6.07) is 8.61. The van der Waals surface area contributed by atoms with Gasteiger partial charge < -0.3 is 4.74 Å². The third kappa shape index (κ3) is 4.57. The Morgan fingerprint density at radius 1 is 1.08 bits per heavy atom. The summed E-state index contributed by atoms with van der Waals surface area (Å²) in [6.07, 6.45) is 10.5. The number of methoxy groups -OCH3 is 1. The van der Waals surface area contributed by atoms with Crippen LogP contribution in [0, 0.1) is 0 Å². The smallest absolute Gasteiger partial charge is 0.131 e. The van der Waals surface area contributed by atoms with Crippen LogP contribution >= 0.6 is 0 Å². The molecule has 3 rings (SSSR count). The second-order valence-electron chi connectivity index (χ2n) is 7.15. The Balaban J connectivity index is 1.60. The van der Waals surface area contributed by atoms with Crippen LogP contribution in [0.3, 0.4) is 0 Å². The van der Waals surface area contributed by atoms with Gasteiger partial charge in [-0.25, -0.2) is 9.97 Å². The van der Waals surface area contributed by atoms with Crippen molar-refractivity contribution < 1.29 is 4.74 Å². The molecule has 1 heterocycles. The molecule has 0 radical (unpaired) electrons. The van der Waals surface area contributed by atoms with Crippen LogP contribution in [0.2, 0.25) is 0 Å². The fourth-order valence-electron chi connectivity index (χ4n) is 3.58. The predicted molar refractivity (Wildman–Crippen MR) is 101 cm³/mol. The molecule has 0 amide bonds. The second kappa shape index (κ2) is 8.43. The van der Waals surface area contributed by atoms with Crippen molar-refractivity contribution in [1.29, 1.82) is 0 Å². The van der Waals surface area contributed by atoms with Gasteiger partial charge in [0.1, 0.15) is 11.6 Å². The third-order valence-electron chi connectivity index (χ3n) is 5.39. The maximum Gasteiger partial charge on any atom is 0.131 e. The van der Waals surface area contributed by atoms with Crippen molar-refractivity contribution in [3.8, 4) is 5.75 Å². The van der Waals surface area contributed by atoms with E-state index in [4.69, 9.17) is 4.74 Å². The minimum absolute atomic E-state index is 0.323. The number of nitrogens with zero attached hydrogens (tertiary/aromatic N) is 3. The normalized spacial score (nSPS) is 16.8. The number of hydrogen-bond acceptors (Lipinski definition) is 4. The first-order valence-corrected chi connectivity index (χ1v) is 9.32. The third-order valence-corrected chi connectivity index (χ3v) is 5.39. The van der Waals surface area contributed by atoms with Crippen LogP contribution in [0.25, 0.3) is 0 Å². The van der Waals surface area contributed by atoms with Crippen molar-refractivity contribution in [2.24, 2.45) is 0 Å². The fourth-order valence-corrected chi connectivity index (χ4v) is 3.58. The van der Waals surface area contributed by atoms with Gasteiger partial charge in [-0.15, -0.1) is 0 Å². The molecule has 1 unspecified atom stereocenters. The first-order valence-electron chi connectivity index (χ1n) is 9.32. The monoisotopic (exact) mass is 339 g/mol. The number of rotatable bonds is 6. The molecule has 0 bridgehead atoms. The minimum Gasteiger partial charge on any atom is -0.497 e. The van der Waals surface area contributed by atoms with E-state index < -0.39 is 0 Å². The number of hydrogen-bond donors (Lipinski definition) is 0. The van der Waals surface area contributed by atoms with Gasteiger partial charge >= 0.3 is 0 Å². The molecule has 1 aromatic heterocycles. The highest BCUT2D eigenvalue weighted by Gasteiger charge is 2.18. The fraction of sp³-hybridized carbons (Fsp3) is 0.524. The molecule has 25 heavy (non-hydrogen) atoms. The Labute approximate surface area is 151 Å². The molecule has 1 fully saturated rings. The zero-order valence-corrected chi connectivity index (χ0v) is 15.6. The van der Waals surface area contributed by atoms with E-state index in [1.54, 1.807) is 7.11 Å². The molecule has 134 valence electrons. The highest BCUT2D eigenvalue weighted by Crippen LogP contribution is 2.30. The average Bonchev–Trinajstić information content (AvgIpc) is 2.68. The van der Waals surface area contributed by atoms with Crippen LogP contribution < -0.4 is 4.74 Å². The average molecular weight is 339 g/mol. The molecule has 1 saturated carbocycles. The minimum atomic E-state index is 0.323. The maximum atomic E-state index is 5.24. The highest BCUT2D eigenvalue weighted by atomic mass is 16.5. The summed E-state index contributed by atoms with van der Waals surface area (Å²) < 4.78 is 5.24. The molecule has 0 N–H and O–H groups in total. The van der Waals surface area contributed by atoms with Gasteiger partial charge in [0.05, 0.1) is 7.11 Å². The van der Waals surface area contributed by atoms with E-state index >= 15 is 0 Å². The van der Waals surface area contributed by atoms with Gasteiger partial charge in [0, 0.05) is 36.5 Å².